The number of nitrogens with zero attached hydrogens (tertiary/aromatic N) is 2. The van der Waals surface area contributed by atoms with E-state index < -0.39 is 30.5 Å². The number of aromatic amines is 1. The number of aromatic nitrogens is 2. The Labute approximate surface area is 200 Å². The highest BCUT2D eigenvalue weighted by atomic mass is 19.1. The number of amides is 2. The Kier molecular flexibility index (Phi) is 8.13. The van der Waals surface area contributed by atoms with Crippen LogP contribution >= 0.6 is 0 Å². The lowest BCUT2D eigenvalue weighted by Gasteiger charge is -2.24. The topological polar surface area (TPSA) is 158 Å². The molecule has 35 heavy (non-hydrogen) atoms. The van der Waals surface area contributed by atoms with Crippen molar-refractivity contribution in [1.29, 1.82) is 0 Å². The van der Waals surface area contributed by atoms with Gasteiger partial charge in [0.25, 0.3) is 11.5 Å². The molecule has 2 aromatic carbocycles. The van der Waals surface area contributed by atoms with Crippen LogP contribution in [0.2, 0.25) is 0 Å². The molecule has 0 saturated heterocycles. The minimum Gasteiger partial charge on any atom is -0.480 e. The van der Waals surface area contributed by atoms with E-state index in [1.807, 2.05) is 6.07 Å². The summed E-state index contributed by atoms with van der Waals surface area (Å²) < 4.78 is 13.3. The maximum Gasteiger partial charge on any atom is 0.326 e. The van der Waals surface area contributed by atoms with Gasteiger partial charge in [-0.2, -0.15) is 0 Å². The van der Waals surface area contributed by atoms with Gasteiger partial charge >= 0.3 is 5.97 Å². The number of hydrogen-bond acceptors (Lipinski definition) is 6. The fourth-order valence-corrected chi connectivity index (χ4v) is 3.63. The fourth-order valence-electron chi connectivity index (χ4n) is 3.63. The molecule has 0 aliphatic heterocycles. The number of alkyl halides is 1. The van der Waals surface area contributed by atoms with Crippen LogP contribution in [0.3, 0.4) is 0 Å². The quantitative estimate of drug-likeness (QED) is 0.323. The SMILES string of the molecule is Cc1nc2ccc(CN(CCF)c3ccc(C(=O)N[C@@H](CCC(N)=O)C(=O)O)cc3)cc2c(=O)[nH]1. The van der Waals surface area contributed by atoms with Crippen molar-refractivity contribution in [3.63, 3.8) is 0 Å². The molecule has 0 fully saturated rings. The molecule has 0 aliphatic rings. The third-order valence-corrected chi connectivity index (χ3v) is 5.39. The second-order valence-corrected chi connectivity index (χ2v) is 8.03. The van der Waals surface area contributed by atoms with E-state index in [0.717, 1.165) is 5.56 Å². The van der Waals surface area contributed by atoms with Crippen LogP contribution in [0.25, 0.3) is 10.9 Å². The van der Waals surface area contributed by atoms with Crippen molar-refractivity contribution in [3.8, 4) is 0 Å². The van der Waals surface area contributed by atoms with E-state index in [-0.39, 0.29) is 30.5 Å². The summed E-state index contributed by atoms with van der Waals surface area (Å²) in [6.45, 7) is 1.48. The van der Waals surface area contributed by atoms with Crippen molar-refractivity contribution in [3.05, 3.63) is 69.8 Å². The standard InChI is InChI=1S/C24H26FN5O5/c1-14-27-19-7-2-15(12-18(19)23(33)28-14)13-30(11-10-25)17-5-3-16(4-6-17)22(32)29-20(24(34)35)8-9-21(26)31/h2-7,12,20H,8-11,13H2,1H3,(H2,26,31)(H,29,32)(H,34,35)(H,27,28,33)/t20-/m0/s1. The van der Waals surface area contributed by atoms with Gasteiger partial charge in [0, 0.05) is 30.8 Å². The first kappa shape index (κ1) is 25.3. The van der Waals surface area contributed by atoms with E-state index in [4.69, 9.17) is 5.73 Å². The number of aliphatic carboxylic acids is 1. The summed E-state index contributed by atoms with van der Waals surface area (Å²) >= 11 is 0. The molecular formula is C24H26FN5O5. The predicted molar refractivity (Wildman–Crippen MR) is 128 cm³/mol. The Morgan fingerprint density at radius 2 is 1.91 bits per heavy atom. The van der Waals surface area contributed by atoms with Gasteiger partial charge in [-0.1, -0.05) is 6.07 Å². The third-order valence-electron chi connectivity index (χ3n) is 5.39. The normalized spacial score (nSPS) is 11.7. The smallest absolute Gasteiger partial charge is 0.326 e. The lowest BCUT2D eigenvalue weighted by atomic mass is 10.1. The molecule has 1 heterocycles. The van der Waals surface area contributed by atoms with Crippen LogP contribution in [0.5, 0.6) is 0 Å². The van der Waals surface area contributed by atoms with Crippen molar-refractivity contribution in [2.24, 2.45) is 5.73 Å². The number of nitrogens with one attached hydrogen (secondary N) is 2. The number of rotatable bonds is 11. The average Bonchev–Trinajstić information content (AvgIpc) is 2.81. The zero-order valence-corrected chi connectivity index (χ0v) is 19.1. The van der Waals surface area contributed by atoms with Crippen molar-refractivity contribution in [1.82, 2.24) is 15.3 Å². The Morgan fingerprint density at radius 1 is 1.20 bits per heavy atom. The molecule has 0 unspecified atom stereocenters. The number of primary amides is 1. The van der Waals surface area contributed by atoms with Crippen LogP contribution in [-0.2, 0) is 16.1 Å². The maximum absolute atomic E-state index is 13.3. The molecule has 5 N–H and O–H groups in total. The molecule has 10 nitrogen and oxygen atoms in total. The molecule has 3 aromatic rings. The number of nitrogens with two attached hydrogens (primary N) is 1. The van der Waals surface area contributed by atoms with Crippen LogP contribution in [0.1, 0.15) is 34.6 Å². The summed E-state index contributed by atoms with van der Waals surface area (Å²) in [5.41, 5.74) is 6.99. The second-order valence-electron chi connectivity index (χ2n) is 8.03. The zero-order valence-electron chi connectivity index (χ0n) is 19.1. The summed E-state index contributed by atoms with van der Waals surface area (Å²) in [4.78, 5) is 55.7. The van der Waals surface area contributed by atoms with Crippen molar-refractivity contribution in [2.45, 2.75) is 32.4 Å². The van der Waals surface area contributed by atoms with E-state index in [9.17, 15) is 28.7 Å². The van der Waals surface area contributed by atoms with Gasteiger partial charge in [-0.3, -0.25) is 14.4 Å². The number of carbonyl (C=O) groups is 3. The van der Waals surface area contributed by atoms with E-state index in [2.05, 4.69) is 15.3 Å². The predicted octanol–water partition coefficient (Wildman–Crippen LogP) is 1.66. The summed E-state index contributed by atoms with van der Waals surface area (Å²) in [7, 11) is 0. The van der Waals surface area contributed by atoms with Crippen LogP contribution < -0.4 is 21.5 Å². The monoisotopic (exact) mass is 483 g/mol. The summed E-state index contributed by atoms with van der Waals surface area (Å²) in [6, 6.07) is 10.3. The molecule has 0 spiro atoms. The highest BCUT2D eigenvalue weighted by Crippen LogP contribution is 2.20. The number of anilines is 1. The highest BCUT2D eigenvalue weighted by Gasteiger charge is 2.21. The molecular weight excluding hydrogens is 457 g/mol. The molecule has 0 radical (unpaired) electrons. The molecule has 3 rings (SSSR count). The number of carbonyl (C=O) groups excluding carboxylic acids is 2. The largest absolute Gasteiger partial charge is 0.480 e. The number of carboxylic acids is 1. The first-order valence-electron chi connectivity index (χ1n) is 10.9. The number of benzene rings is 2. The van der Waals surface area contributed by atoms with Gasteiger partial charge in [0.05, 0.1) is 10.9 Å². The molecule has 0 aliphatic carbocycles. The minimum atomic E-state index is -1.27. The molecule has 11 heteroatoms. The van der Waals surface area contributed by atoms with Gasteiger partial charge < -0.3 is 26.0 Å². The first-order valence-corrected chi connectivity index (χ1v) is 10.9. The minimum absolute atomic E-state index is 0.0836. The van der Waals surface area contributed by atoms with Crippen LogP contribution in [0.4, 0.5) is 10.1 Å². The molecule has 0 saturated carbocycles. The number of halogens is 1. The van der Waals surface area contributed by atoms with Gasteiger partial charge in [0.15, 0.2) is 0 Å². The number of aryl methyl sites for hydroxylation is 1. The Hall–Kier alpha value is -4.28. The van der Waals surface area contributed by atoms with Crippen molar-refractivity contribution < 1.29 is 23.9 Å². The number of H-pyrrole nitrogens is 1. The molecule has 184 valence electrons. The van der Waals surface area contributed by atoms with Gasteiger partial charge in [0.1, 0.15) is 18.5 Å². The molecule has 1 aromatic heterocycles. The third kappa shape index (κ3) is 6.62. The van der Waals surface area contributed by atoms with E-state index >= 15 is 0 Å². The maximum atomic E-state index is 13.3. The lowest BCUT2D eigenvalue weighted by Crippen LogP contribution is -2.41. The Balaban J connectivity index is 1.75. The number of hydrogen-bond donors (Lipinski definition) is 4. The Morgan fingerprint density at radius 3 is 2.54 bits per heavy atom. The first-order chi connectivity index (χ1) is 16.7. The van der Waals surface area contributed by atoms with Crippen molar-refractivity contribution >= 4 is 34.4 Å². The van der Waals surface area contributed by atoms with Crippen LogP contribution in [0, 0.1) is 6.92 Å². The lowest BCUT2D eigenvalue weighted by molar-refractivity contribution is -0.139. The van der Waals surface area contributed by atoms with E-state index in [0.29, 0.717) is 29.0 Å². The van der Waals surface area contributed by atoms with Crippen molar-refractivity contribution in [2.75, 3.05) is 18.1 Å². The van der Waals surface area contributed by atoms with Crippen LogP contribution in [0.15, 0.2) is 47.3 Å². The van der Waals surface area contributed by atoms with Gasteiger partial charge in [-0.15, -0.1) is 0 Å². The average molecular weight is 484 g/mol. The van der Waals surface area contributed by atoms with E-state index in [1.165, 1.54) is 12.1 Å². The van der Waals surface area contributed by atoms with Gasteiger partial charge in [0.2, 0.25) is 5.91 Å². The molecule has 1 atom stereocenters. The Bertz CT molecular complexity index is 1290. The number of fused-ring (bicyclic) bond motifs is 1. The highest BCUT2D eigenvalue weighted by molar-refractivity contribution is 5.97. The van der Waals surface area contributed by atoms with Gasteiger partial charge in [-0.05, 0) is 55.3 Å². The summed E-state index contributed by atoms with van der Waals surface area (Å²) in [5.74, 6) is -2.04. The molecule has 0 bridgehead atoms. The van der Waals surface area contributed by atoms with E-state index in [1.54, 1.807) is 36.1 Å². The summed E-state index contributed by atoms with van der Waals surface area (Å²) in [6.07, 6.45) is -0.298. The number of carboxylic acid groups (broad SMARTS) is 1. The second kappa shape index (κ2) is 11.2. The summed E-state index contributed by atoms with van der Waals surface area (Å²) in [5, 5.41) is 12.1. The zero-order chi connectivity index (χ0) is 25.5. The van der Waals surface area contributed by atoms with Gasteiger partial charge in [-0.25, -0.2) is 14.2 Å². The molecule has 2 amide bonds. The fraction of sp³-hybridized carbons (Fsp3) is 0.292. The van der Waals surface area contributed by atoms with Crippen LogP contribution in [-0.4, -0.2) is 52.1 Å².